The highest BCUT2D eigenvalue weighted by atomic mass is 127. The van der Waals surface area contributed by atoms with Crippen LogP contribution < -0.4 is 5.32 Å². The summed E-state index contributed by atoms with van der Waals surface area (Å²) in [5.41, 5.74) is 2.27. The number of aromatic amines is 1. The van der Waals surface area contributed by atoms with E-state index in [-0.39, 0.29) is 35.9 Å². The Labute approximate surface area is 165 Å². The number of piperidine rings is 1. The van der Waals surface area contributed by atoms with Gasteiger partial charge in [0.2, 0.25) is 0 Å². The van der Waals surface area contributed by atoms with Crippen molar-refractivity contribution in [2.75, 3.05) is 27.2 Å². The number of guanidine groups is 1. The lowest BCUT2D eigenvalue weighted by Gasteiger charge is -2.33. The number of rotatable bonds is 3. The summed E-state index contributed by atoms with van der Waals surface area (Å²) in [6.45, 7) is 2.32. The number of ether oxygens (including phenoxy) is 1. The Morgan fingerprint density at radius 2 is 2.08 bits per heavy atom. The first kappa shape index (κ1) is 19.6. The van der Waals surface area contributed by atoms with Crippen LogP contribution in [-0.2, 0) is 16.1 Å². The molecule has 0 unspecified atom stereocenters. The van der Waals surface area contributed by atoms with Crippen molar-refractivity contribution in [3.8, 4) is 0 Å². The van der Waals surface area contributed by atoms with E-state index in [2.05, 4.69) is 38.4 Å². The number of nitrogens with zero attached hydrogens (tertiary/aromatic N) is 2. The lowest BCUT2D eigenvalue weighted by molar-refractivity contribution is -0.146. The van der Waals surface area contributed by atoms with E-state index in [1.165, 1.54) is 12.5 Å². The Balaban J connectivity index is 0.00000225. The van der Waals surface area contributed by atoms with Crippen molar-refractivity contribution in [1.82, 2.24) is 15.2 Å². The molecule has 1 aromatic carbocycles. The van der Waals surface area contributed by atoms with Gasteiger partial charge in [-0.3, -0.25) is 9.79 Å². The maximum absolute atomic E-state index is 11.6. The van der Waals surface area contributed by atoms with E-state index >= 15 is 0 Å². The quantitative estimate of drug-likeness (QED) is 0.323. The van der Waals surface area contributed by atoms with Crippen LogP contribution in [0.3, 0.4) is 0 Å². The summed E-state index contributed by atoms with van der Waals surface area (Å²) in [6, 6.07) is 10.4. The van der Waals surface area contributed by atoms with Crippen LogP contribution in [0.4, 0.5) is 0 Å². The molecule has 0 bridgehead atoms. The van der Waals surface area contributed by atoms with Gasteiger partial charge in [0.25, 0.3) is 0 Å². The molecule has 136 valence electrons. The molecule has 2 heterocycles. The van der Waals surface area contributed by atoms with Gasteiger partial charge in [0.05, 0.1) is 19.6 Å². The van der Waals surface area contributed by atoms with Crippen LogP contribution in [0.25, 0.3) is 10.9 Å². The van der Waals surface area contributed by atoms with Gasteiger partial charge in [0.15, 0.2) is 5.96 Å². The fourth-order valence-electron chi connectivity index (χ4n) is 3.23. The lowest BCUT2D eigenvalue weighted by Crippen LogP contribution is -2.46. The van der Waals surface area contributed by atoms with Crippen LogP contribution in [-0.4, -0.2) is 49.1 Å². The maximum atomic E-state index is 11.6. The van der Waals surface area contributed by atoms with E-state index in [1.54, 1.807) is 7.05 Å². The van der Waals surface area contributed by atoms with Crippen LogP contribution in [0, 0.1) is 5.92 Å². The molecule has 3 rings (SSSR count). The summed E-state index contributed by atoms with van der Waals surface area (Å²) in [7, 11) is 3.25. The molecule has 1 aromatic heterocycles. The summed E-state index contributed by atoms with van der Waals surface area (Å²) in [5.74, 6) is 0.783. The zero-order chi connectivity index (χ0) is 16.9. The SMILES string of the molecule is CN=C(NCc1cc2ccccc2[nH]1)N1CCC(C(=O)OC)CC1.I. The Kier molecular flexibility index (Phi) is 7.10. The largest absolute Gasteiger partial charge is 0.469 e. The topological polar surface area (TPSA) is 69.7 Å². The van der Waals surface area contributed by atoms with Gasteiger partial charge in [-0.1, -0.05) is 18.2 Å². The summed E-state index contributed by atoms with van der Waals surface area (Å²) >= 11 is 0. The van der Waals surface area contributed by atoms with Gasteiger partial charge in [-0.25, -0.2) is 0 Å². The number of likely N-dealkylation sites (tertiary alicyclic amines) is 1. The second-order valence-electron chi connectivity index (χ2n) is 6.07. The summed E-state index contributed by atoms with van der Waals surface area (Å²) in [6.07, 6.45) is 1.61. The molecule has 1 aliphatic rings. The highest BCUT2D eigenvalue weighted by Gasteiger charge is 2.26. The number of aliphatic imine (C=N–C) groups is 1. The molecule has 2 aromatic rings. The number of esters is 1. The summed E-state index contributed by atoms with van der Waals surface area (Å²) in [5, 5.41) is 4.61. The number of hydrogen-bond acceptors (Lipinski definition) is 3. The molecular weight excluding hydrogens is 431 g/mol. The predicted octanol–water partition coefficient (Wildman–Crippen LogP) is 2.75. The average Bonchev–Trinajstić information content (AvgIpc) is 3.05. The number of benzene rings is 1. The number of halogens is 1. The molecule has 25 heavy (non-hydrogen) atoms. The minimum absolute atomic E-state index is 0. The van der Waals surface area contributed by atoms with Crippen LogP contribution in [0.5, 0.6) is 0 Å². The number of methoxy groups -OCH3 is 1. The highest BCUT2D eigenvalue weighted by molar-refractivity contribution is 14.0. The standard InChI is InChI=1S/C18H24N4O2.HI/c1-19-18(22-9-7-13(8-10-22)17(23)24-2)20-12-15-11-14-5-3-4-6-16(14)21-15;/h3-6,11,13,21H,7-10,12H2,1-2H3,(H,19,20);1H. The van der Waals surface area contributed by atoms with Crippen molar-refractivity contribution < 1.29 is 9.53 Å². The predicted molar refractivity (Wildman–Crippen MR) is 110 cm³/mol. The van der Waals surface area contributed by atoms with E-state index in [1.807, 2.05) is 12.1 Å². The number of para-hydroxylation sites is 1. The third-order valence-corrected chi connectivity index (χ3v) is 4.56. The van der Waals surface area contributed by atoms with Gasteiger partial charge in [-0.15, -0.1) is 24.0 Å². The lowest BCUT2D eigenvalue weighted by atomic mass is 9.97. The van der Waals surface area contributed by atoms with Crippen LogP contribution in [0.1, 0.15) is 18.5 Å². The minimum atomic E-state index is -0.101. The Morgan fingerprint density at radius 3 is 2.72 bits per heavy atom. The van der Waals surface area contributed by atoms with Gasteiger partial charge in [-0.05, 0) is 30.4 Å². The Morgan fingerprint density at radius 1 is 1.36 bits per heavy atom. The number of carbonyl (C=O) groups is 1. The second-order valence-corrected chi connectivity index (χ2v) is 6.07. The summed E-state index contributed by atoms with van der Waals surface area (Å²) < 4.78 is 4.84. The fraction of sp³-hybridized carbons (Fsp3) is 0.444. The van der Waals surface area contributed by atoms with E-state index in [0.29, 0.717) is 6.54 Å². The number of aromatic nitrogens is 1. The van der Waals surface area contributed by atoms with Crippen molar-refractivity contribution in [2.24, 2.45) is 10.9 Å². The first-order valence-electron chi connectivity index (χ1n) is 8.31. The van der Waals surface area contributed by atoms with Crippen molar-refractivity contribution in [3.63, 3.8) is 0 Å². The van der Waals surface area contributed by atoms with Gasteiger partial charge in [0.1, 0.15) is 0 Å². The third-order valence-electron chi connectivity index (χ3n) is 4.56. The van der Waals surface area contributed by atoms with Gasteiger partial charge >= 0.3 is 5.97 Å². The Bertz CT molecular complexity index is 703. The monoisotopic (exact) mass is 456 g/mol. The number of fused-ring (bicyclic) bond motifs is 1. The number of H-pyrrole nitrogens is 1. The normalized spacial score (nSPS) is 15.8. The number of hydrogen-bond donors (Lipinski definition) is 2. The zero-order valence-corrected chi connectivity index (χ0v) is 16.9. The molecule has 0 spiro atoms. The van der Waals surface area contributed by atoms with E-state index in [4.69, 9.17) is 4.74 Å². The third kappa shape index (κ3) is 4.65. The molecule has 0 aliphatic carbocycles. The van der Waals surface area contributed by atoms with E-state index in [0.717, 1.165) is 43.1 Å². The molecule has 2 N–H and O–H groups in total. The average molecular weight is 456 g/mol. The van der Waals surface area contributed by atoms with Crippen molar-refractivity contribution in [2.45, 2.75) is 19.4 Å². The first-order chi connectivity index (χ1) is 11.7. The minimum Gasteiger partial charge on any atom is -0.469 e. The van der Waals surface area contributed by atoms with Crippen LogP contribution >= 0.6 is 24.0 Å². The maximum Gasteiger partial charge on any atom is 0.308 e. The van der Waals surface area contributed by atoms with Gasteiger partial charge in [-0.2, -0.15) is 0 Å². The van der Waals surface area contributed by atoms with Crippen molar-refractivity contribution in [1.29, 1.82) is 0 Å². The highest BCUT2D eigenvalue weighted by Crippen LogP contribution is 2.19. The van der Waals surface area contributed by atoms with E-state index < -0.39 is 0 Å². The molecule has 0 amide bonds. The van der Waals surface area contributed by atoms with Gasteiger partial charge < -0.3 is 19.9 Å². The molecule has 6 nitrogen and oxygen atoms in total. The smallest absolute Gasteiger partial charge is 0.308 e. The molecule has 0 atom stereocenters. The Hall–Kier alpha value is -1.77. The van der Waals surface area contributed by atoms with Gasteiger partial charge in [0, 0.05) is 31.3 Å². The molecule has 0 saturated carbocycles. The molecule has 7 heteroatoms. The number of carbonyl (C=O) groups excluding carboxylic acids is 1. The van der Waals surface area contributed by atoms with Crippen molar-refractivity contribution >= 4 is 46.8 Å². The molecule has 1 fully saturated rings. The van der Waals surface area contributed by atoms with Crippen molar-refractivity contribution in [3.05, 3.63) is 36.0 Å². The molecule has 1 aliphatic heterocycles. The number of nitrogens with one attached hydrogen (secondary N) is 2. The second kappa shape index (κ2) is 9.07. The summed E-state index contributed by atoms with van der Waals surface area (Å²) in [4.78, 5) is 21.6. The molecule has 1 saturated heterocycles. The first-order valence-corrected chi connectivity index (χ1v) is 8.31. The van der Waals surface area contributed by atoms with E-state index in [9.17, 15) is 4.79 Å². The molecular formula is C18H25IN4O2. The fourth-order valence-corrected chi connectivity index (χ4v) is 3.23. The zero-order valence-electron chi connectivity index (χ0n) is 14.6. The molecule has 0 radical (unpaired) electrons. The van der Waals surface area contributed by atoms with Crippen LogP contribution in [0.15, 0.2) is 35.3 Å². The van der Waals surface area contributed by atoms with Crippen LogP contribution in [0.2, 0.25) is 0 Å².